The van der Waals surface area contributed by atoms with Crippen molar-refractivity contribution in [3.8, 4) is 0 Å². The molecular weight excluding hydrogens is 1180 g/mol. The molecule has 3 aromatic carbocycles. The third-order valence-corrected chi connectivity index (χ3v) is 15.8. The summed E-state index contributed by atoms with van der Waals surface area (Å²) in [5, 5.41) is 40.2. The molecule has 5 atom stereocenters. The van der Waals surface area contributed by atoms with Gasteiger partial charge in [-0.1, -0.05) is 110 Å². The molecule has 0 fully saturated rings. The van der Waals surface area contributed by atoms with E-state index < -0.39 is 90.0 Å². The number of unbranched alkanes of at least 4 members (excludes halogenated alkanes) is 2. The summed E-state index contributed by atoms with van der Waals surface area (Å²) >= 11 is 0. The summed E-state index contributed by atoms with van der Waals surface area (Å²) < 4.78 is 43.5. The molecule has 0 aliphatic carbocycles. The summed E-state index contributed by atoms with van der Waals surface area (Å²) in [6, 6.07) is 16.8. The Morgan fingerprint density at radius 2 is 1.33 bits per heavy atom. The van der Waals surface area contributed by atoms with Crippen LogP contribution in [0.25, 0.3) is 0 Å². The molecule has 0 aromatic heterocycles. The zero-order valence-corrected chi connectivity index (χ0v) is 51.7. The molecule has 452 valence electrons. The maximum absolute atomic E-state index is 14.2. The van der Waals surface area contributed by atoms with Crippen molar-refractivity contribution >= 4 is 52.6 Å². The first-order valence-electron chi connectivity index (χ1n) is 28.5. The van der Waals surface area contributed by atoms with Crippen LogP contribution in [0.4, 0.5) is 24.5 Å². The number of fused-ring (bicyclic) bond motifs is 2. The van der Waals surface area contributed by atoms with Gasteiger partial charge >= 0.3 is 17.8 Å². The molecule has 0 saturated heterocycles. The highest BCUT2D eigenvalue weighted by atomic mass is 127. The number of para-hydroxylation sites is 2. The molecule has 21 heteroatoms. The van der Waals surface area contributed by atoms with Crippen LogP contribution in [-0.4, -0.2) is 113 Å². The Morgan fingerprint density at radius 3 is 1.90 bits per heavy atom. The van der Waals surface area contributed by atoms with E-state index >= 15 is 0 Å². The number of hydrogen-bond acceptors (Lipinski definition) is 10. The van der Waals surface area contributed by atoms with Gasteiger partial charge in [-0.15, -0.1) is 10.2 Å². The molecule has 0 spiro atoms. The predicted octanol–water partition coefficient (Wildman–Crippen LogP) is 6.02. The Kier molecular flexibility index (Phi) is 23.0. The van der Waals surface area contributed by atoms with Crippen molar-refractivity contribution in [3.05, 3.63) is 119 Å². The van der Waals surface area contributed by atoms with Gasteiger partial charge in [-0.3, -0.25) is 28.8 Å². The Labute approximate surface area is 502 Å². The van der Waals surface area contributed by atoms with E-state index in [1.165, 1.54) is 40.4 Å². The van der Waals surface area contributed by atoms with Crippen LogP contribution in [0, 0.1) is 17.8 Å². The minimum atomic E-state index is -4.78. The van der Waals surface area contributed by atoms with Gasteiger partial charge < -0.3 is 65.7 Å². The van der Waals surface area contributed by atoms with Gasteiger partial charge in [-0.05, 0) is 100.0 Å². The third kappa shape index (κ3) is 16.2. The number of carboxylic acid groups (broad SMARTS) is 1. The molecule has 0 unspecified atom stereocenters. The number of rotatable bonds is 28. The minimum Gasteiger partial charge on any atom is -1.00 e. The van der Waals surface area contributed by atoms with Gasteiger partial charge in [0.1, 0.15) is 25.2 Å². The van der Waals surface area contributed by atoms with Crippen LogP contribution < -0.4 is 55.5 Å². The number of carbonyl (C=O) groups is 6. The smallest absolute Gasteiger partial charge is 0.442 e. The van der Waals surface area contributed by atoms with Crippen LogP contribution in [0.1, 0.15) is 148 Å². The second kappa shape index (κ2) is 28.4. The van der Waals surface area contributed by atoms with Gasteiger partial charge in [0.05, 0.1) is 24.0 Å². The molecule has 83 heavy (non-hydrogen) atoms. The van der Waals surface area contributed by atoms with E-state index in [9.17, 15) is 52.2 Å². The van der Waals surface area contributed by atoms with Crippen molar-refractivity contribution in [2.45, 2.75) is 174 Å². The van der Waals surface area contributed by atoms with Crippen LogP contribution in [0.3, 0.4) is 0 Å². The van der Waals surface area contributed by atoms with Gasteiger partial charge in [-0.25, -0.2) is 0 Å². The lowest BCUT2D eigenvalue weighted by Gasteiger charge is -2.31. The van der Waals surface area contributed by atoms with E-state index in [1.54, 1.807) is 27.7 Å². The number of halogens is 4. The van der Waals surface area contributed by atoms with Crippen molar-refractivity contribution in [2.24, 2.45) is 28.0 Å². The van der Waals surface area contributed by atoms with Crippen LogP contribution >= 0.6 is 0 Å². The predicted molar refractivity (Wildman–Crippen MR) is 309 cm³/mol. The highest BCUT2D eigenvalue weighted by Gasteiger charge is 2.65. The second-order valence-corrected chi connectivity index (χ2v) is 23.9. The summed E-state index contributed by atoms with van der Waals surface area (Å²) in [7, 11) is 2.11. The lowest BCUT2D eigenvalue weighted by atomic mass is 9.81. The molecule has 0 saturated carbocycles. The summed E-state index contributed by atoms with van der Waals surface area (Å²) in [5.74, 6) is -5.35. The number of carboxylic acids is 1. The molecule has 3 aromatic rings. The molecule has 3 aliphatic rings. The van der Waals surface area contributed by atoms with Gasteiger partial charge in [-0.2, -0.15) is 17.7 Å². The van der Waals surface area contributed by atoms with Crippen LogP contribution in [-0.2, 0) is 40.5 Å². The first-order valence-corrected chi connectivity index (χ1v) is 28.5. The van der Waals surface area contributed by atoms with Crippen molar-refractivity contribution in [1.29, 1.82) is 0 Å². The zero-order chi connectivity index (χ0) is 60.5. The molecule has 3 heterocycles. The van der Waals surface area contributed by atoms with Crippen LogP contribution in [0.5, 0.6) is 0 Å². The topological polar surface area (TPSA) is 234 Å². The maximum Gasteiger partial charge on any atom is 0.442 e. The normalized spacial score (nSPS) is 17.8. The standard InChI is InChI=1S/C62H82F3N9O8.HI/c1-37(2)35-45(48(75)36-52(77)78)68-57(81)53(38(3)4)70-58(82)54(39(5)6)69-56(80)44(67-55(79)40-29-31-41(32-30-40)61(71-72-61)62(63,64)65)23-16-18-33-66-51(76)28-17-19-34-74-47-25-15-13-22-43(47)60(9,10)50(74)27-20-26-49-59(7,8)42-21-12-14-24-46(42)73(49)11;/h12-15,20-22,24-27,29-32,37-39,44-45,48,53-54,75H,16-19,23,28,33-36H2,1-11H3,(H5-,66,67,68,69,70,76,77,78,79,80,81,82);1H/t44-,45-,48+,53-,54-;/m0./s1. The average Bonchev–Trinajstić information content (AvgIpc) is 2.18. The fourth-order valence-corrected chi connectivity index (χ4v) is 11.0. The van der Waals surface area contributed by atoms with Crippen LogP contribution in [0.15, 0.2) is 107 Å². The zero-order valence-electron chi connectivity index (χ0n) is 49.5. The minimum absolute atomic E-state index is 0. The number of anilines is 1. The molecule has 6 rings (SSSR count). The molecule has 0 radical (unpaired) electrons. The monoisotopic (exact) mass is 1270 g/mol. The van der Waals surface area contributed by atoms with Crippen molar-refractivity contribution in [3.63, 3.8) is 0 Å². The van der Waals surface area contributed by atoms with E-state index in [1.807, 2.05) is 19.9 Å². The highest BCUT2D eigenvalue weighted by molar-refractivity contribution is 6.03. The van der Waals surface area contributed by atoms with Gasteiger partial charge in [0.15, 0.2) is 5.71 Å². The SMILES string of the molecule is CC(C)C[C@H](NC(=O)[C@@H](NC(=O)[C@@H](NC(=O)[C@H](CCCCNC(=O)CCCCN1/C(=C/C=C/C2=[N+](C)c3ccccc3C2(C)C)C(C)(C)c2ccccc21)NC(=O)c1ccc(C2(C(F)(F)F)N=N2)cc1)C(C)C)C(C)C)[C@H](O)CC(=O)O.[I-]. The number of aliphatic carboxylic acids is 1. The lowest BCUT2D eigenvalue weighted by Crippen LogP contribution is -3.00. The molecule has 7 N–H and O–H groups in total. The molecular formula is C62H83F3IN9O8. The largest absolute Gasteiger partial charge is 1.00 e. The van der Waals surface area contributed by atoms with E-state index in [0.29, 0.717) is 25.8 Å². The molecule has 5 amide bonds. The van der Waals surface area contributed by atoms with E-state index in [4.69, 9.17) is 0 Å². The Bertz CT molecular complexity index is 2950. The fraction of sp³-hybridized carbons (Fsp3) is 0.532. The summed E-state index contributed by atoms with van der Waals surface area (Å²) in [6.07, 6.45) is 2.45. The van der Waals surface area contributed by atoms with Crippen molar-refractivity contribution in [2.75, 3.05) is 25.0 Å². The van der Waals surface area contributed by atoms with Crippen molar-refractivity contribution in [1.82, 2.24) is 26.6 Å². The number of aliphatic hydroxyl groups is 1. The number of hydrogen-bond donors (Lipinski definition) is 7. The number of benzene rings is 3. The number of amides is 5. The van der Waals surface area contributed by atoms with E-state index in [0.717, 1.165) is 24.2 Å². The van der Waals surface area contributed by atoms with Gasteiger partial charge in [0, 0.05) is 65.1 Å². The Balaban J connectivity index is 0.0000126. The van der Waals surface area contributed by atoms with E-state index in [2.05, 4.69) is 142 Å². The second-order valence-electron chi connectivity index (χ2n) is 23.9. The summed E-state index contributed by atoms with van der Waals surface area (Å²) in [6.45, 7) is 20.4. The number of nitrogens with zero attached hydrogens (tertiary/aromatic N) is 4. The summed E-state index contributed by atoms with van der Waals surface area (Å²) in [4.78, 5) is 82.6. The molecule has 0 bridgehead atoms. The van der Waals surface area contributed by atoms with Gasteiger partial charge in [0.2, 0.25) is 29.3 Å². The maximum atomic E-state index is 14.2. The third-order valence-electron chi connectivity index (χ3n) is 15.8. The van der Waals surface area contributed by atoms with E-state index in [-0.39, 0.29) is 83.6 Å². The fourth-order valence-electron chi connectivity index (χ4n) is 11.0. The summed E-state index contributed by atoms with van der Waals surface area (Å²) in [5.41, 5.74) is 3.78. The Morgan fingerprint density at radius 1 is 0.735 bits per heavy atom. The first kappa shape index (κ1) is 67.3. The number of allylic oxidation sites excluding steroid dienone is 4. The Hall–Kier alpha value is -6.49. The first-order chi connectivity index (χ1) is 38.5. The molecule has 3 aliphatic heterocycles. The van der Waals surface area contributed by atoms with Crippen molar-refractivity contribution < 1.29 is 80.7 Å². The quantitative estimate of drug-likeness (QED) is 0.0256. The van der Waals surface area contributed by atoms with Gasteiger partial charge in [0.25, 0.3) is 5.91 Å². The number of carbonyl (C=O) groups excluding carboxylic acids is 5. The lowest BCUT2D eigenvalue weighted by molar-refractivity contribution is -0.401. The number of nitrogens with one attached hydrogen (secondary N) is 5. The number of alkyl halides is 3. The number of aliphatic hydroxyl groups excluding tert-OH is 1. The average molecular weight is 1270 g/mol. The van der Waals surface area contributed by atoms with Crippen LogP contribution in [0.2, 0.25) is 0 Å². The molecule has 17 nitrogen and oxygen atoms in total. The highest BCUT2D eigenvalue weighted by Crippen LogP contribution is 2.52.